The molecule has 1 heterocycles. The molecule has 0 aliphatic carbocycles. The van der Waals surface area contributed by atoms with Crippen molar-refractivity contribution in [1.82, 2.24) is 0 Å². The van der Waals surface area contributed by atoms with Gasteiger partial charge in [0.15, 0.2) is 0 Å². The third-order valence-corrected chi connectivity index (χ3v) is 2.76. The number of hydrogen-bond donors (Lipinski definition) is 1. The van der Waals surface area contributed by atoms with Gasteiger partial charge in [-0.3, -0.25) is 0 Å². The molecule has 12 heavy (non-hydrogen) atoms. The Balaban J connectivity index is 2.65. The lowest BCUT2D eigenvalue weighted by Crippen LogP contribution is -1.97. The molecule has 1 aromatic heterocycles. The SMILES string of the molecule is N=CCC(CC=O)c1cccs1. The van der Waals surface area contributed by atoms with E-state index in [0.29, 0.717) is 12.8 Å². The van der Waals surface area contributed by atoms with Crippen LogP contribution in [0.15, 0.2) is 17.5 Å². The molecular formula is C9H11NOS. The second-order valence-electron chi connectivity index (χ2n) is 2.55. The van der Waals surface area contributed by atoms with Crippen LogP contribution in [0.25, 0.3) is 0 Å². The van der Waals surface area contributed by atoms with Crippen molar-refractivity contribution in [3.63, 3.8) is 0 Å². The van der Waals surface area contributed by atoms with E-state index in [-0.39, 0.29) is 5.92 Å². The van der Waals surface area contributed by atoms with Gasteiger partial charge in [0.05, 0.1) is 0 Å². The predicted octanol–water partition coefficient (Wildman–Crippen LogP) is 2.46. The molecule has 1 unspecified atom stereocenters. The minimum atomic E-state index is 0.222. The van der Waals surface area contributed by atoms with Crippen molar-refractivity contribution in [3.8, 4) is 0 Å². The van der Waals surface area contributed by atoms with Gasteiger partial charge >= 0.3 is 0 Å². The number of hydrogen-bond acceptors (Lipinski definition) is 3. The third kappa shape index (κ3) is 2.27. The van der Waals surface area contributed by atoms with E-state index in [9.17, 15) is 4.79 Å². The molecule has 1 aromatic rings. The highest BCUT2D eigenvalue weighted by molar-refractivity contribution is 7.10. The maximum absolute atomic E-state index is 10.3. The van der Waals surface area contributed by atoms with Gasteiger partial charge in [0, 0.05) is 17.2 Å². The first-order valence-corrected chi connectivity index (χ1v) is 4.72. The summed E-state index contributed by atoms with van der Waals surface area (Å²) in [5.41, 5.74) is 0. The zero-order valence-corrected chi connectivity index (χ0v) is 7.51. The lowest BCUT2D eigenvalue weighted by atomic mass is 10.0. The van der Waals surface area contributed by atoms with Crippen LogP contribution in [0.3, 0.4) is 0 Å². The molecule has 1 N–H and O–H groups in total. The number of carbonyl (C=O) groups is 1. The van der Waals surface area contributed by atoms with Crippen molar-refractivity contribution >= 4 is 23.8 Å². The zero-order chi connectivity index (χ0) is 8.81. The summed E-state index contributed by atoms with van der Waals surface area (Å²) in [7, 11) is 0. The summed E-state index contributed by atoms with van der Waals surface area (Å²) >= 11 is 1.65. The summed E-state index contributed by atoms with van der Waals surface area (Å²) in [4.78, 5) is 11.5. The largest absolute Gasteiger partial charge is 0.313 e. The number of thiophene rings is 1. The van der Waals surface area contributed by atoms with Crippen LogP contribution >= 0.6 is 11.3 Å². The van der Waals surface area contributed by atoms with Gasteiger partial charge in [-0.05, 0) is 24.1 Å². The van der Waals surface area contributed by atoms with E-state index in [1.54, 1.807) is 11.3 Å². The van der Waals surface area contributed by atoms with Crippen molar-refractivity contribution in [2.45, 2.75) is 18.8 Å². The molecule has 0 aromatic carbocycles. The molecule has 0 fully saturated rings. The fourth-order valence-electron chi connectivity index (χ4n) is 1.11. The standard InChI is InChI=1S/C9H11NOS/c10-5-3-8(4-6-11)9-2-1-7-12-9/h1-2,5-8,10H,3-4H2. The quantitative estimate of drug-likeness (QED) is 0.550. The van der Waals surface area contributed by atoms with Gasteiger partial charge in [0.1, 0.15) is 6.29 Å². The monoisotopic (exact) mass is 181 g/mol. The molecule has 3 heteroatoms. The summed E-state index contributed by atoms with van der Waals surface area (Å²) in [5.74, 6) is 0.222. The van der Waals surface area contributed by atoms with Crippen LogP contribution < -0.4 is 0 Å². The molecule has 1 rings (SSSR count). The summed E-state index contributed by atoms with van der Waals surface area (Å²) in [6.45, 7) is 0. The van der Waals surface area contributed by atoms with Gasteiger partial charge in [-0.15, -0.1) is 11.3 Å². The number of aldehydes is 1. The van der Waals surface area contributed by atoms with Crippen LogP contribution in [0.2, 0.25) is 0 Å². The minimum absolute atomic E-state index is 0.222. The number of carbonyl (C=O) groups excluding carboxylic acids is 1. The van der Waals surface area contributed by atoms with E-state index < -0.39 is 0 Å². The normalized spacial score (nSPS) is 12.3. The number of rotatable bonds is 5. The van der Waals surface area contributed by atoms with Crippen LogP contribution in [0.4, 0.5) is 0 Å². The molecule has 0 aliphatic heterocycles. The molecule has 2 nitrogen and oxygen atoms in total. The van der Waals surface area contributed by atoms with Crippen LogP contribution in [-0.4, -0.2) is 12.5 Å². The van der Waals surface area contributed by atoms with Gasteiger partial charge < -0.3 is 10.2 Å². The summed E-state index contributed by atoms with van der Waals surface area (Å²) < 4.78 is 0. The maximum Gasteiger partial charge on any atom is 0.120 e. The lowest BCUT2D eigenvalue weighted by molar-refractivity contribution is -0.108. The van der Waals surface area contributed by atoms with E-state index in [2.05, 4.69) is 0 Å². The second kappa shape index (κ2) is 4.83. The maximum atomic E-state index is 10.3. The second-order valence-corrected chi connectivity index (χ2v) is 3.53. The van der Waals surface area contributed by atoms with E-state index in [1.165, 1.54) is 11.1 Å². The van der Waals surface area contributed by atoms with Crippen LogP contribution in [0.5, 0.6) is 0 Å². The fraction of sp³-hybridized carbons (Fsp3) is 0.333. The Bertz CT molecular complexity index is 233. The molecule has 0 aliphatic rings. The van der Waals surface area contributed by atoms with Crippen molar-refractivity contribution in [1.29, 1.82) is 5.41 Å². The Kier molecular flexibility index (Phi) is 3.67. The summed E-state index contributed by atoms with van der Waals surface area (Å²) in [6.07, 6.45) is 3.48. The first-order chi connectivity index (χ1) is 5.88. The first-order valence-electron chi connectivity index (χ1n) is 3.84. The average Bonchev–Trinajstić information content (AvgIpc) is 2.56. The van der Waals surface area contributed by atoms with E-state index in [4.69, 9.17) is 5.41 Å². The van der Waals surface area contributed by atoms with Crippen molar-refractivity contribution in [3.05, 3.63) is 22.4 Å². The van der Waals surface area contributed by atoms with Crippen LogP contribution in [-0.2, 0) is 4.79 Å². The molecule has 0 amide bonds. The van der Waals surface area contributed by atoms with E-state index >= 15 is 0 Å². The Hall–Kier alpha value is -0.960. The highest BCUT2D eigenvalue weighted by Gasteiger charge is 2.09. The van der Waals surface area contributed by atoms with Crippen molar-refractivity contribution in [2.75, 3.05) is 0 Å². The highest BCUT2D eigenvalue weighted by Crippen LogP contribution is 2.25. The highest BCUT2D eigenvalue weighted by atomic mass is 32.1. The fourth-order valence-corrected chi connectivity index (χ4v) is 1.97. The van der Waals surface area contributed by atoms with Gasteiger partial charge in [-0.1, -0.05) is 6.07 Å². The Labute approximate surface area is 75.7 Å². The zero-order valence-electron chi connectivity index (χ0n) is 6.69. The molecule has 0 spiro atoms. The van der Waals surface area contributed by atoms with Crippen LogP contribution in [0.1, 0.15) is 23.6 Å². The molecule has 1 atom stereocenters. The molecule has 0 saturated heterocycles. The predicted molar refractivity (Wildman–Crippen MR) is 51.1 cm³/mol. The van der Waals surface area contributed by atoms with Crippen LogP contribution in [0, 0.1) is 5.41 Å². The van der Waals surface area contributed by atoms with E-state index in [0.717, 1.165) is 6.29 Å². The lowest BCUT2D eigenvalue weighted by Gasteiger charge is -2.07. The third-order valence-electron chi connectivity index (χ3n) is 1.73. The Morgan fingerprint density at radius 3 is 2.92 bits per heavy atom. The van der Waals surface area contributed by atoms with Gasteiger partial charge in [-0.2, -0.15) is 0 Å². The molecule has 0 bridgehead atoms. The summed E-state index contributed by atoms with van der Waals surface area (Å²) in [6, 6.07) is 3.99. The van der Waals surface area contributed by atoms with Gasteiger partial charge in [0.2, 0.25) is 0 Å². The minimum Gasteiger partial charge on any atom is -0.313 e. The average molecular weight is 181 g/mol. The molecule has 0 radical (unpaired) electrons. The van der Waals surface area contributed by atoms with E-state index in [1.807, 2.05) is 17.5 Å². The van der Waals surface area contributed by atoms with Gasteiger partial charge in [-0.25, -0.2) is 0 Å². The topological polar surface area (TPSA) is 40.9 Å². The molecule has 0 saturated carbocycles. The summed E-state index contributed by atoms with van der Waals surface area (Å²) in [5, 5.41) is 8.97. The first kappa shape index (κ1) is 9.13. The smallest absolute Gasteiger partial charge is 0.120 e. The van der Waals surface area contributed by atoms with Crippen molar-refractivity contribution in [2.24, 2.45) is 0 Å². The van der Waals surface area contributed by atoms with Crippen molar-refractivity contribution < 1.29 is 4.79 Å². The molecular weight excluding hydrogens is 170 g/mol. The molecule has 64 valence electrons. The Morgan fingerprint density at radius 2 is 2.42 bits per heavy atom. The Morgan fingerprint density at radius 1 is 1.58 bits per heavy atom. The number of nitrogens with one attached hydrogen (secondary N) is 1. The van der Waals surface area contributed by atoms with Gasteiger partial charge in [0.25, 0.3) is 0 Å².